The third-order valence-corrected chi connectivity index (χ3v) is 10.9. The predicted octanol–water partition coefficient (Wildman–Crippen LogP) is 13.5. The first-order valence-electron chi connectivity index (χ1n) is 20.8. The smallest absolute Gasteiger partial charge is 0.241 e. The van der Waals surface area contributed by atoms with Gasteiger partial charge in [0, 0.05) is 27.9 Å². The van der Waals surface area contributed by atoms with E-state index in [1.165, 1.54) is 33.4 Å². The molecule has 2 heterocycles. The Morgan fingerprint density at radius 2 is 0.548 bits per heavy atom. The fourth-order valence-electron chi connectivity index (χ4n) is 8.29. The number of aryl methyl sites for hydroxylation is 6. The van der Waals surface area contributed by atoms with Crippen LogP contribution in [-0.2, 0) is 0 Å². The standard InChI is InChI=1S/C54H46N8/c1-35-31-37(3)47(38(4)32-35)61(48-39(5)33-36(2)34-40(48)6)45-27-29-46(30-28-45)62(53-57-49(41-19-11-7-12-20-41)55-50(58-53)42-21-13-8-14-22-42)54-59-51(43-23-15-9-16-24-43)56-52(60-54)44-25-17-10-18-26-44/h7-34H,1-6H3. The molecule has 8 heteroatoms. The number of aromatic nitrogens is 6. The van der Waals surface area contributed by atoms with Crippen LogP contribution in [-0.4, -0.2) is 29.9 Å². The molecule has 0 aliphatic heterocycles. The van der Waals surface area contributed by atoms with Crippen molar-refractivity contribution in [1.82, 2.24) is 29.9 Å². The lowest BCUT2D eigenvalue weighted by atomic mass is 9.99. The Hall–Kier alpha value is -7.84. The van der Waals surface area contributed by atoms with Gasteiger partial charge < -0.3 is 4.90 Å². The second kappa shape index (κ2) is 17.0. The van der Waals surface area contributed by atoms with E-state index in [0.717, 1.165) is 45.0 Å². The Morgan fingerprint density at radius 3 is 0.823 bits per heavy atom. The topological polar surface area (TPSA) is 83.8 Å². The maximum Gasteiger partial charge on any atom is 0.241 e. The van der Waals surface area contributed by atoms with E-state index < -0.39 is 0 Å². The molecule has 0 N–H and O–H groups in total. The van der Waals surface area contributed by atoms with Gasteiger partial charge in [-0.3, -0.25) is 0 Å². The van der Waals surface area contributed by atoms with Crippen LogP contribution in [0.25, 0.3) is 45.6 Å². The average Bonchev–Trinajstić information content (AvgIpc) is 3.29. The summed E-state index contributed by atoms with van der Waals surface area (Å²) in [4.78, 5) is 35.1. The summed E-state index contributed by atoms with van der Waals surface area (Å²) in [5, 5.41) is 0. The van der Waals surface area contributed by atoms with Gasteiger partial charge in [-0.25, -0.2) is 14.9 Å². The molecule has 0 saturated carbocycles. The largest absolute Gasteiger partial charge is 0.309 e. The molecule has 302 valence electrons. The molecule has 0 atom stereocenters. The summed E-state index contributed by atoms with van der Waals surface area (Å²) in [7, 11) is 0. The summed E-state index contributed by atoms with van der Waals surface area (Å²) < 4.78 is 0. The van der Waals surface area contributed by atoms with Crippen molar-refractivity contribution in [3.63, 3.8) is 0 Å². The van der Waals surface area contributed by atoms with Gasteiger partial charge in [0.1, 0.15) is 0 Å². The van der Waals surface area contributed by atoms with E-state index in [1.807, 2.05) is 126 Å². The molecule has 8 nitrogen and oxygen atoms in total. The Morgan fingerprint density at radius 1 is 0.290 bits per heavy atom. The first kappa shape index (κ1) is 39.6. The van der Waals surface area contributed by atoms with Gasteiger partial charge in [0.15, 0.2) is 23.3 Å². The number of benzene rings is 7. The van der Waals surface area contributed by atoms with Crippen molar-refractivity contribution >= 4 is 34.6 Å². The first-order valence-corrected chi connectivity index (χ1v) is 20.8. The number of anilines is 6. The van der Waals surface area contributed by atoms with Crippen LogP contribution in [0, 0.1) is 41.5 Å². The zero-order valence-electron chi connectivity index (χ0n) is 35.7. The van der Waals surface area contributed by atoms with Gasteiger partial charge in [0.2, 0.25) is 11.9 Å². The van der Waals surface area contributed by atoms with E-state index in [-0.39, 0.29) is 0 Å². The van der Waals surface area contributed by atoms with E-state index in [0.29, 0.717) is 35.2 Å². The SMILES string of the molecule is Cc1cc(C)c(N(c2ccc(N(c3nc(-c4ccccc4)nc(-c4ccccc4)n3)c3nc(-c4ccccc4)nc(-c4ccccc4)n3)cc2)c2c(C)cc(C)cc2C)c(C)c1. The third kappa shape index (κ3) is 8.06. The lowest BCUT2D eigenvalue weighted by Gasteiger charge is -2.32. The maximum absolute atomic E-state index is 5.20. The van der Waals surface area contributed by atoms with E-state index in [2.05, 4.69) is 95.0 Å². The van der Waals surface area contributed by atoms with Gasteiger partial charge >= 0.3 is 0 Å². The van der Waals surface area contributed by atoms with Gasteiger partial charge in [0.05, 0.1) is 17.1 Å². The molecule has 62 heavy (non-hydrogen) atoms. The highest BCUT2D eigenvalue weighted by Gasteiger charge is 2.26. The molecule has 0 aliphatic carbocycles. The van der Waals surface area contributed by atoms with Crippen LogP contribution in [0.5, 0.6) is 0 Å². The molecule has 0 amide bonds. The summed E-state index contributed by atoms with van der Waals surface area (Å²) in [6.45, 7) is 13.1. The molecular weight excluding hydrogens is 761 g/mol. The van der Waals surface area contributed by atoms with Crippen LogP contribution in [0.15, 0.2) is 170 Å². The minimum atomic E-state index is 0.363. The van der Waals surface area contributed by atoms with Gasteiger partial charge in [-0.1, -0.05) is 157 Å². The minimum absolute atomic E-state index is 0.363. The van der Waals surface area contributed by atoms with Crippen molar-refractivity contribution in [2.45, 2.75) is 41.5 Å². The molecule has 0 fully saturated rings. The number of hydrogen-bond donors (Lipinski definition) is 0. The molecule has 9 rings (SSSR count). The van der Waals surface area contributed by atoms with Crippen molar-refractivity contribution in [2.24, 2.45) is 0 Å². The molecular formula is C54H46N8. The molecule has 0 radical (unpaired) electrons. The summed E-state index contributed by atoms with van der Waals surface area (Å²) in [5.41, 5.74) is 14.8. The van der Waals surface area contributed by atoms with Gasteiger partial charge in [0.25, 0.3) is 0 Å². The Kier molecular flexibility index (Phi) is 10.9. The highest BCUT2D eigenvalue weighted by Crippen LogP contribution is 2.44. The van der Waals surface area contributed by atoms with Crippen LogP contribution in [0.2, 0.25) is 0 Å². The molecule has 0 saturated heterocycles. The molecule has 0 aliphatic rings. The van der Waals surface area contributed by atoms with Crippen molar-refractivity contribution in [3.8, 4) is 45.6 Å². The molecule has 0 spiro atoms. The minimum Gasteiger partial charge on any atom is -0.309 e. The Labute approximate surface area is 363 Å². The Balaban J connectivity index is 1.30. The highest BCUT2D eigenvalue weighted by atomic mass is 15.4. The van der Waals surface area contributed by atoms with Crippen molar-refractivity contribution in [1.29, 1.82) is 0 Å². The van der Waals surface area contributed by atoms with E-state index in [1.54, 1.807) is 0 Å². The molecule has 2 aromatic heterocycles. The van der Waals surface area contributed by atoms with Crippen molar-refractivity contribution in [3.05, 3.63) is 203 Å². The number of nitrogens with zero attached hydrogens (tertiary/aromatic N) is 8. The van der Waals surface area contributed by atoms with Gasteiger partial charge in [-0.15, -0.1) is 0 Å². The lowest BCUT2D eigenvalue weighted by Crippen LogP contribution is -2.19. The van der Waals surface area contributed by atoms with Crippen LogP contribution in [0.1, 0.15) is 33.4 Å². The van der Waals surface area contributed by atoms with Crippen LogP contribution in [0.4, 0.5) is 34.6 Å². The number of rotatable bonds is 10. The molecule has 9 aromatic rings. The van der Waals surface area contributed by atoms with E-state index >= 15 is 0 Å². The predicted molar refractivity (Wildman–Crippen MR) is 253 cm³/mol. The Bertz CT molecular complexity index is 2660. The molecule has 7 aromatic carbocycles. The van der Waals surface area contributed by atoms with Crippen LogP contribution < -0.4 is 9.80 Å². The average molecular weight is 807 g/mol. The van der Waals surface area contributed by atoms with Gasteiger partial charge in [-0.05, 0) is 88.1 Å². The zero-order chi connectivity index (χ0) is 42.7. The second-order valence-electron chi connectivity index (χ2n) is 15.7. The summed E-state index contributed by atoms with van der Waals surface area (Å²) in [6, 6.07) is 57.5. The zero-order valence-corrected chi connectivity index (χ0v) is 35.7. The summed E-state index contributed by atoms with van der Waals surface area (Å²) in [5.74, 6) is 2.83. The monoisotopic (exact) mass is 806 g/mol. The second-order valence-corrected chi connectivity index (χ2v) is 15.7. The maximum atomic E-state index is 5.20. The summed E-state index contributed by atoms with van der Waals surface area (Å²) in [6.07, 6.45) is 0. The quantitative estimate of drug-likeness (QED) is 0.135. The molecule has 0 unspecified atom stereocenters. The van der Waals surface area contributed by atoms with E-state index in [4.69, 9.17) is 29.9 Å². The van der Waals surface area contributed by atoms with Crippen LogP contribution >= 0.6 is 0 Å². The van der Waals surface area contributed by atoms with E-state index in [9.17, 15) is 0 Å². The normalized spacial score (nSPS) is 11.1. The molecule has 0 bridgehead atoms. The third-order valence-electron chi connectivity index (χ3n) is 10.9. The lowest BCUT2D eigenvalue weighted by molar-refractivity contribution is 0.964. The number of hydrogen-bond acceptors (Lipinski definition) is 8. The highest BCUT2D eigenvalue weighted by molar-refractivity contribution is 5.85. The van der Waals surface area contributed by atoms with Gasteiger partial charge in [-0.2, -0.15) is 19.9 Å². The summed E-state index contributed by atoms with van der Waals surface area (Å²) >= 11 is 0. The fourth-order valence-corrected chi connectivity index (χ4v) is 8.29. The first-order chi connectivity index (χ1) is 30.2. The fraction of sp³-hybridized carbons (Fsp3) is 0.111. The van der Waals surface area contributed by atoms with Crippen molar-refractivity contribution in [2.75, 3.05) is 9.80 Å². The van der Waals surface area contributed by atoms with Crippen LogP contribution in [0.3, 0.4) is 0 Å². The van der Waals surface area contributed by atoms with Crippen molar-refractivity contribution < 1.29 is 0 Å².